The number of imide groups is 1. The maximum absolute atomic E-state index is 12.7. The fourth-order valence-corrected chi connectivity index (χ4v) is 3.43. The molecule has 1 fully saturated rings. The highest BCUT2D eigenvalue weighted by Gasteiger charge is 2.45. The van der Waals surface area contributed by atoms with Gasteiger partial charge >= 0.3 is 12.1 Å². The van der Waals surface area contributed by atoms with E-state index in [0.29, 0.717) is 28.1 Å². The van der Waals surface area contributed by atoms with Crippen molar-refractivity contribution in [2.24, 2.45) is 0 Å². The van der Waals surface area contributed by atoms with Crippen molar-refractivity contribution in [2.45, 2.75) is 25.9 Å². The van der Waals surface area contributed by atoms with Crippen LogP contribution in [-0.4, -0.2) is 45.4 Å². The van der Waals surface area contributed by atoms with Crippen LogP contribution < -0.4 is 21.1 Å². The molecule has 1 aliphatic rings. The molecule has 0 bridgehead atoms. The molecule has 1 aliphatic heterocycles. The minimum Gasteiger partial charge on any atom is -0.323 e. The van der Waals surface area contributed by atoms with Crippen LogP contribution in [0.25, 0.3) is 10.9 Å². The Morgan fingerprint density at radius 1 is 1.12 bits per heavy atom. The summed E-state index contributed by atoms with van der Waals surface area (Å²) in [4.78, 5) is 59.1. The summed E-state index contributed by atoms with van der Waals surface area (Å²) in [6, 6.07) is 12.4. The van der Waals surface area contributed by atoms with Crippen LogP contribution in [0.5, 0.6) is 0 Å². The number of nitrogens with one attached hydrogen (secondary N) is 3. The summed E-state index contributed by atoms with van der Waals surface area (Å²) in [5.74, 6) is -0.0314. The van der Waals surface area contributed by atoms with E-state index in [1.165, 1.54) is 4.90 Å². The molecule has 0 saturated carbocycles. The highest BCUT2D eigenvalue weighted by atomic mass is 16.2. The lowest BCUT2D eigenvalue weighted by Gasteiger charge is -2.19. The second kappa shape index (κ2) is 7.80. The van der Waals surface area contributed by atoms with Gasteiger partial charge in [0.05, 0.1) is 23.1 Å². The number of amides is 5. The first-order valence-electron chi connectivity index (χ1n) is 9.92. The average molecular weight is 434 g/mol. The molecule has 2 heterocycles. The van der Waals surface area contributed by atoms with Crippen LogP contribution in [-0.2, 0) is 11.3 Å². The number of anilines is 2. The molecule has 32 heavy (non-hydrogen) atoms. The Bertz CT molecular complexity index is 1300. The lowest BCUT2D eigenvalue weighted by atomic mass is 10.1. The third-order valence-corrected chi connectivity index (χ3v) is 5.11. The molecule has 3 N–H and O–H groups in total. The standard InChI is InChI=1S/C22H22N6O4/c1-22(2)19(30)28(21(32)26-22)14-8-6-7-13(11-14)23-20(31)27(3)12-17-24-16-10-5-4-9-15(16)18(29)25-17/h4-11H,12H2,1-3H3,(H,23,31)(H,26,32)(H,24,25,29). The van der Waals surface area contributed by atoms with E-state index < -0.39 is 17.6 Å². The van der Waals surface area contributed by atoms with Crippen molar-refractivity contribution in [3.8, 4) is 0 Å². The molecular formula is C22H22N6O4. The van der Waals surface area contributed by atoms with Gasteiger partial charge in [-0.15, -0.1) is 0 Å². The van der Waals surface area contributed by atoms with E-state index in [2.05, 4.69) is 20.6 Å². The number of aromatic nitrogens is 2. The molecule has 1 saturated heterocycles. The minimum atomic E-state index is -1.000. The Hall–Kier alpha value is -4.21. The molecule has 0 aliphatic carbocycles. The van der Waals surface area contributed by atoms with Gasteiger partial charge in [-0.05, 0) is 44.2 Å². The van der Waals surface area contributed by atoms with E-state index in [9.17, 15) is 19.2 Å². The topological polar surface area (TPSA) is 128 Å². The van der Waals surface area contributed by atoms with Crippen molar-refractivity contribution in [1.82, 2.24) is 20.2 Å². The molecule has 0 radical (unpaired) electrons. The van der Waals surface area contributed by atoms with Crippen LogP contribution in [0.3, 0.4) is 0 Å². The summed E-state index contributed by atoms with van der Waals surface area (Å²) < 4.78 is 0. The smallest absolute Gasteiger partial charge is 0.323 e. The van der Waals surface area contributed by atoms with Crippen molar-refractivity contribution in [2.75, 3.05) is 17.3 Å². The van der Waals surface area contributed by atoms with Gasteiger partial charge in [0.25, 0.3) is 11.5 Å². The molecule has 5 amide bonds. The zero-order chi connectivity index (χ0) is 23.0. The number of H-pyrrole nitrogens is 1. The highest BCUT2D eigenvalue weighted by molar-refractivity contribution is 6.23. The molecule has 10 nitrogen and oxygen atoms in total. The first-order chi connectivity index (χ1) is 15.2. The fraction of sp³-hybridized carbons (Fsp3) is 0.227. The monoisotopic (exact) mass is 434 g/mol. The number of hydrogen-bond donors (Lipinski definition) is 3. The molecule has 10 heteroatoms. The Kier molecular flexibility index (Phi) is 5.13. The zero-order valence-electron chi connectivity index (χ0n) is 17.8. The summed E-state index contributed by atoms with van der Waals surface area (Å²) >= 11 is 0. The molecule has 0 atom stereocenters. The first kappa shape index (κ1) is 21.0. The van der Waals surface area contributed by atoms with Crippen molar-refractivity contribution in [3.05, 3.63) is 64.7 Å². The molecule has 1 aromatic heterocycles. The number of aromatic amines is 1. The molecule has 3 aromatic rings. The summed E-state index contributed by atoms with van der Waals surface area (Å²) in [7, 11) is 1.56. The second-order valence-corrected chi connectivity index (χ2v) is 8.06. The minimum absolute atomic E-state index is 0.0762. The van der Waals surface area contributed by atoms with Gasteiger partial charge in [-0.25, -0.2) is 19.5 Å². The predicted octanol–water partition coefficient (Wildman–Crippen LogP) is 2.42. The van der Waals surface area contributed by atoms with Gasteiger partial charge in [0.2, 0.25) is 0 Å². The van der Waals surface area contributed by atoms with Gasteiger partial charge in [-0.2, -0.15) is 0 Å². The molecule has 2 aromatic carbocycles. The molecule has 4 rings (SSSR count). The summed E-state index contributed by atoms with van der Waals surface area (Å²) in [5.41, 5.74) is 0.0249. The van der Waals surface area contributed by atoms with Gasteiger partial charge in [0, 0.05) is 12.7 Å². The second-order valence-electron chi connectivity index (χ2n) is 8.06. The fourth-order valence-electron chi connectivity index (χ4n) is 3.43. The number of para-hydroxylation sites is 1. The Balaban J connectivity index is 1.49. The quantitative estimate of drug-likeness (QED) is 0.544. The van der Waals surface area contributed by atoms with E-state index in [1.54, 1.807) is 69.4 Å². The number of fused-ring (bicyclic) bond motifs is 1. The largest absolute Gasteiger partial charge is 0.329 e. The van der Waals surface area contributed by atoms with Crippen LogP contribution in [0.1, 0.15) is 19.7 Å². The molecule has 0 unspecified atom stereocenters. The van der Waals surface area contributed by atoms with Crippen LogP contribution in [0.15, 0.2) is 53.3 Å². The number of carbonyl (C=O) groups is 3. The predicted molar refractivity (Wildman–Crippen MR) is 119 cm³/mol. The van der Waals surface area contributed by atoms with Crippen molar-refractivity contribution < 1.29 is 14.4 Å². The number of hydrogen-bond acceptors (Lipinski definition) is 5. The van der Waals surface area contributed by atoms with Gasteiger partial charge in [-0.1, -0.05) is 18.2 Å². The molecule has 0 spiro atoms. The van der Waals surface area contributed by atoms with E-state index >= 15 is 0 Å². The number of urea groups is 2. The lowest BCUT2D eigenvalue weighted by molar-refractivity contribution is -0.121. The zero-order valence-corrected chi connectivity index (χ0v) is 17.8. The SMILES string of the molecule is CN(Cc1nc2ccccc2c(=O)[nH]1)C(=O)Nc1cccc(N2C(=O)NC(C)(C)C2=O)c1. The van der Waals surface area contributed by atoms with Crippen molar-refractivity contribution in [3.63, 3.8) is 0 Å². The number of nitrogens with zero attached hydrogens (tertiary/aromatic N) is 3. The highest BCUT2D eigenvalue weighted by Crippen LogP contribution is 2.26. The maximum atomic E-state index is 12.7. The molecule has 164 valence electrons. The summed E-state index contributed by atoms with van der Waals surface area (Å²) in [6.45, 7) is 3.32. The Labute approximate surface area is 183 Å². The van der Waals surface area contributed by atoms with E-state index in [4.69, 9.17) is 0 Å². The Morgan fingerprint density at radius 3 is 2.59 bits per heavy atom. The summed E-state index contributed by atoms with van der Waals surface area (Å²) in [5, 5.41) is 5.82. The third kappa shape index (κ3) is 3.89. The number of rotatable bonds is 4. The first-order valence-corrected chi connectivity index (χ1v) is 9.92. The molecular weight excluding hydrogens is 412 g/mol. The van der Waals surface area contributed by atoms with Crippen molar-refractivity contribution in [1.29, 1.82) is 0 Å². The average Bonchev–Trinajstić information content (AvgIpc) is 2.94. The van der Waals surface area contributed by atoms with Crippen LogP contribution in [0.2, 0.25) is 0 Å². The lowest BCUT2D eigenvalue weighted by Crippen LogP contribution is -2.40. The maximum Gasteiger partial charge on any atom is 0.329 e. The van der Waals surface area contributed by atoms with Crippen LogP contribution in [0.4, 0.5) is 21.0 Å². The number of benzene rings is 2. The normalized spacial score (nSPS) is 15.0. The Morgan fingerprint density at radius 2 is 1.88 bits per heavy atom. The van der Waals surface area contributed by atoms with Gasteiger partial charge in [-0.3, -0.25) is 9.59 Å². The van der Waals surface area contributed by atoms with E-state index in [0.717, 1.165) is 4.90 Å². The van der Waals surface area contributed by atoms with Crippen LogP contribution >= 0.6 is 0 Å². The summed E-state index contributed by atoms with van der Waals surface area (Å²) in [6.07, 6.45) is 0. The van der Waals surface area contributed by atoms with Gasteiger partial charge in [0.1, 0.15) is 11.4 Å². The number of carbonyl (C=O) groups excluding carboxylic acids is 3. The van der Waals surface area contributed by atoms with Crippen LogP contribution in [0, 0.1) is 0 Å². The van der Waals surface area contributed by atoms with E-state index in [-0.39, 0.29) is 18.0 Å². The van der Waals surface area contributed by atoms with Gasteiger partial charge in [0.15, 0.2) is 0 Å². The van der Waals surface area contributed by atoms with Crippen molar-refractivity contribution >= 4 is 40.2 Å². The van der Waals surface area contributed by atoms with Gasteiger partial charge < -0.3 is 20.5 Å². The van der Waals surface area contributed by atoms with E-state index in [1.807, 2.05) is 0 Å². The third-order valence-electron chi connectivity index (χ3n) is 5.11.